The molecule has 0 aromatic carbocycles. The Morgan fingerprint density at radius 2 is 1.90 bits per heavy atom. The number of amides is 2. The number of nitrogens with zero attached hydrogens (tertiary/aromatic N) is 2. The molecule has 2 rings (SSSR count). The second-order valence-electron chi connectivity index (χ2n) is 5.68. The number of sulfone groups is 1. The summed E-state index contributed by atoms with van der Waals surface area (Å²) in [7, 11) is -1.85. The van der Waals surface area contributed by atoms with Gasteiger partial charge >= 0.3 is 0 Å². The first-order chi connectivity index (χ1) is 9.92. The van der Waals surface area contributed by atoms with Gasteiger partial charge in [0, 0.05) is 33.2 Å². The highest BCUT2D eigenvalue weighted by Crippen LogP contribution is 2.21. The molecule has 2 fully saturated rings. The summed E-state index contributed by atoms with van der Waals surface area (Å²) in [4.78, 5) is 27.4. The predicted molar refractivity (Wildman–Crippen MR) is 78.5 cm³/mol. The van der Waals surface area contributed by atoms with Gasteiger partial charge in [-0.25, -0.2) is 8.42 Å². The van der Waals surface area contributed by atoms with Gasteiger partial charge in [0.15, 0.2) is 9.84 Å². The maximum absolute atomic E-state index is 12.3. The van der Waals surface area contributed by atoms with Crippen molar-refractivity contribution in [3.05, 3.63) is 0 Å². The zero-order chi connectivity index (χ0) is 15.5. The molecule has 0 saturated carbocycles. The summed E-state index contributed by atoms with van der Waals surface area (Å²) in [5, 5.41) is 2.19. The normalized spacial score (nSPS) is 25.4. The van der Waals surface area contributed by atoms with Crippen LogP contribution in [0.15, 0.2) is 0 Å². The van der Waals surface area contributed by atoms with Crippen LogP contribution in [0.1, 0.15) is 19.3 Å². The van der Waals surface area contributed by atoms with E-state index in [1.165, 1.54) is 11.9 Å². The van der Waals surface area contributed by atoms with Crippen LogP contribution in [0, 0.1) is 0 Å². The van der Waals surface area contributed by atoms with Gasteiger partial charge in [-0.1, -0.05) is 6.42 Å². The number of hydrogen-bond acceptors (Lipinski definition) is 5. The molecule has 2 heterocycles. The molecule has 2 saturated heterocycles. The third-order valence-corrected chi connectivity index (χ3v) is 6.23. The van der Waals surface area contributed by atoms with E-state index >= 15 is 0 Å². The van der Waals surface area contributed by atoms with Crippen molar-refractivity contribution in [3.8, 4) is 0 Å². The highest BCUT2D eigenvalue weighted by atomic mass is 32.2. The Morgan fingerprint density at radius 3 is 2.52 bits per heavy atom. The minimum atomic E-state index is -3.35. The van der Waals surface area contributed by atoms with E-state index < -0.39 is 21.0 Å². The monoisotopic (exact) mass is 317 g/mol. The van der Waals surface area contributed by atoms with Crippen molar-refractivity contribution < 1.29 is 18.0 Å². The van der Waals surface area contributed by atoms with E-state index in [0.29, 0.717) is 25.9 Å². The second kappa shape index (κ2) is 6.74. The quantitative estimate of drug-likeness (QED) is 0.710. The average molecular weight is 317 g/mol. The molecule has 8 heteroatoms. The number of nitrogens with one attached hydrogen (secondary N) is 1. The number of piperazine rings is 1. The van der Waals surface area contributed by atoms with E-state index in [1.807, 2.05) is 0 Å². The maximum atomic E-state index is 12.3. The van der Waals surface area contributed by atoms with Crippen molar-refractivity contribution in [1.29, 1.82) is 0 Å². The van der Waals surface area contributed by atoms with Crippen LogP contribution >= 0.6 is 0 Å². The highest BCUT2D eigenvalue weighted by Gasteiger charge is 2.37. The summed E-state index contributed by atoms with van der Waals surface area (Å²) in [5.41, 5.74) is 0. The molecule has 2 aliphatic heterocycles. The van der Waals surface area contributed by atoms with Gasteiger partial charge in [0.25, 0.3) is 0 Å². The maximum Gasteiger partial charge on any atom is 0.242 e. The molecule has 0 bridgehead atoms. The van der Waals surface area contributed by atoms with E-state index in [1.54, 1.807) is 4.90 Å². The molecule has 1 N–H and O–H groups in total. The third-order valence-electron chi connectivity index (χ3n) is 4.07. The number of carbonyl (C=O) groups is 2. The van der Waals surface area contributed by atoms with E-state index in [9.17, 15) is 18.0 Å². The van der Waals surface area contributed by atoms with E-state index in [2.05, 4.69) is 5.32 Å². The third kappa shape index (κ3) is 3.94. The van der Waals surface area contributed by atoms with Crippen molar-refractivity contribution >= 4 is 21.7 Å². The molecular formula is C13H23N3O4S. The van der Waals surface area contributed by atoms with Crippen molar-refractivity contribution in [2.45, 2.75) is 24.5 Å². The molecule has 7 nitrogen and oxygen atoms in total. The molecule has 21 heavy (non-hydrogen) atoms. The fourth-order valence-corrected chi connectivity index (χ4v) is 4.68. The molecule has 0 spiro atoms. The zero-order valence-corrected chi connectivity index (χ0v) is 13.2. The van der Waals surface area contributed by atoms with Crippen molar-refractivity contribution in [2.24, 2.45) is 0 Å². The number of rotatable bonds is 3. The lowest BCUT2D eigenvalue weighted by Gasteiger charge is -2.30. The predicted octanol–water partition coefficient (Wildman–Crippen LogP) is -1.16. The van der Waals surface area contributed by atoms with Gasteiger partial charge in [0.1, 0.15) is 5.25 Å². The van der Waals surface area contributed by atoms with E-state index in [0.717, 1.165) is 19.5 Å². The SMILES string of the molecule is CN(CC(=O)N1CCNCC1)C(=O)C1CCCCS1(=O)=O. The lowest BCUT2D eigenvalue weighted by molar-refractivity contribution is -0.139. The largest absolute Gasteiger partial charge is 0.339 e. The van der Waals surface area contributed by atoms with Gasteiger partial charge in [0.2, 0.25) is 11.8 Å². The van der Waals surface area contributed by atoms with Crippen molar-refractivity contribution in [3.63, 3.8) is 0 Å². The van der Waals surface area contributed by atoms with Crippen LogP contribution in [-0.4, -0.2) is 80.8 Å². The first-order valence-electron chi connectivity index (χ1n) is 7.37. The Balaban J connectivity index is 1.94. The molecule has 1 unspecified atom stereocenters. The zero-order valence-electron chi connectivity index (χ0n) is 12.4. The lowest BCUT2D eigenvalue weighted by Crippen LogP contribution is -2.51. The molecule has 0 aromatic rings. The molecule has 0 aliphatic carbocycles. The number of likely N-dealkylation sites (N-methyl/N-ethyl adjacent to an activating group) is 1. The van der Waals surface area contributed by atoms with Crippen LogP contribution in [-0.2, 0) is 19.4 Å². The van der Waals surface area contributed by atoms with Crippen LogP contribution < -0.4 is 5.32 Å². The molecule has 1 atom stereocenters. The fourth-order valence-electron chi connectivity index (χ4n) is 2.77. The summed E-state index contributed by atoms with van der Waals surface area (Å²) in [6, 6.07) is 0. The van der Waals surface area contributed by atoms with Crippen LogP contribution in [0.2, 0.25) is 0 Å². The van der Waals surface area contributed by atoms with Gasteiger partial charge in [-0.3, -0.25) is 9.59 Å². The minimum Gasteiger partial charge on any atom is -0.339 e. The van der Waals surface area contributed by atoms with Crippen LogP contribution in [0.5, 0.6) is 0 Å². The topological polar surface area (TPSA) is 86.8 Å². The van der Waals surface area contributed by atoms with Gasteiger partial charge in [-0.15, -0.1) is 0 Å². The Hall–Kier alpha value is -1.15. The summed E-state index contributed by atoms with van der Waals surface area (Å²) in [5.74, 6) is -0.498. The lowest BCUT2D eigenvalue weighted by atomic mass is 10.1. The molecule has 120 valence electrons. The second-order valence-corrected chi connectivity index (χ2v) is 7.98. The first-order valence-corrected chi connectivity index (χ1v) is 9.08. The highest BCUT2D eigenvalue weighted by molar-refractivity contribution is 7.92. The summed E-state index contributed by atoms with van der Waals surface area (Å²) in [6.45, 7) is 2.71. The van der Waals surface area contributed by atoms with Crippen LogP contribution in [0.3, 0.4) is 0 Å². The Labute approximate surface area is 125 Å². The molecule has 2 amide bonds. The Bertz CT molecular complexity index is 500. The Kier molecular flexibility index (Phi) is 5.21. The van der Waals surface area contributed by atoms with Gasteiger partial charge in [-0.05, 0) is 12.8 Å². The van der Waals surface area contributed by atoms with Gasteiger partial charge in [-0.2, -0.15) is 0 Å². The Morgan fingerprint density at radius 1 is 1.24 bits per heavy atom. The standard InChI is InChI=1S/C13H23N3O4S/c1-15(10-12(17)16-7-5-14-6-8-16)13(18)11-4-2-3-9-21(11,19)20/h11,14H,2-10H2,1H3. The van der Waals surface area contributed by atoms with Crippen LogP contribution in [0.4, 0.5) is 0 Å². The van der Waals surface area contributed by atoms with Crippen LogP contribution in [0.25, 0.3) is 0 Å². The van der Waals surface area contributed by atoms with E-state index in [-0.39, 0.29) is 18.2 Å². The van der Waals surface area contributed by atoms with Crippen molar-refractivity contribution in [1.82, 2.24) is 15.1 Å². The summed E-state index contributed by atoms with van der Waals surface area (Å²) < 4.78 is 23.9. The summed E-state index contributed by atoms with van der Waals surface area (Å²) in [6.07, 6.45) is 1.73. The fraction of sp³-hybridized carbons (Fsp3) is 0.846. The molecule has 2 aliphatic rings. The van der Waals surface area contributed by atoms with Gasteiger partial charge in [0.05, 0.1) is 12.3 Å². The summed E-state index contributed by atoms with van der Waals surface area (Å²) >= 11 is 0. The minimum absolute atomic E-state index is 0.0507. The molecule has 0 radical (unpaired) electrons. The average Bonchev–Trinajstić information content (AvgIpc) is 2.47. The molecule has 0 aromatic heterocycles. The van der Waals surface area contributed by atoms with E-state index in [4.69, 9.17) is 0 Å². The number of hydrogen-bond donors (Lipinski definition) is 1. The van der Waals surface area contributed by atoms with Gasteiger partial charge < -0.3 is 15.1 Å². The first kappa shape index (κ1) is 16.2. The molecular weight excluding hydrogens is 294 g/mol. The number of carbonyl (C=O) groups excluding carboxylic acids is 2. The smallest absolute Gasteiger partial charge is 0.242 e. The van der Waals surface area contributed by atoms with Crippen molar-refractivity contribution in [2.75, 3.05) is 45.5 Å².